The lowest BCUT2D eigenvalue weighted by Gasteiger charge is -2.12. The van der Waals surface area contributed by atoms with Gasteiger partial charge in [0.25, 0.3) is 0 Å². The SMILES string of the molecule is CC(=O)c1cc2c(cc1NCc1ccc(/C=C/C(=O)Nc3ccccc3N)cc1)OCO2. The molecule has 1 aliphatic heterocycles. The molecular weight excluding hydrogens is 406 g/mol. The Labute approximate surface area is 185 Å². The van der Waals surface area contributed by atoms with Gasteiger partial charge in [0.2, 0.25) is 12.7 Å². The van der Waals surface area contributed by atoms with Crippen LogP contribution in [0.4, 0.5) is 17.1 Å². The van der Waals surface area contributed by atoms with Crippen LogP contribution in [0.5, 0.6) is 11.5 Å². The van der Waals surface area contributed by atoms with E-state index in [-0.39, 0.29) is 18.5 Å². The lowest BCUT2D eigenvalue weighted by molar-refractivity contribution is -0.111. The molecule has 1 aliphatic rings. The van der Waals surface area contributed by atoms with Crippen LogP contribution in [0.25, 0.3) is 6.08 Å². The summed E-state index contributed by atoms with van der Waals surface area (Å²) in [5.41, 5.74) is 10.1. The molecule has 1 amide bonds. The third kappa shape index (κ3) is 4.89. The molecule has 0 atom stereocenters. The summed E-state index contributed by atoms with van der Waals surface area (Å²) < 4.78 is 10.8. The first kappa shape index (κ1) is 21.0. The zero-order valence-electron chi connectivity index (χ0n) is 17.6. The van der Waals surface area contributed by atoms with Gasteiger partial charge in [-0.15, -0.1) is 0 Å². The highest BCUT2D eigenvalue weighted by atomic mass is 16.7. The molecule has 1 heterocycles. The number of amides is 1. The summed E-state index contributed by atoms with van der Waals surface area (Å²) in [6.45, 7) is 2.20. The Kier molecular flexibility index (Phi) is 6.07. The Bertz CT molecular complexity index is 1190. The standard InChI is InChI=1S/C25H23N3O4/c1-16(29)19-12-23-24(32-15-31-23)13-22(19)27-14-18-8-6-17(7-9-18)10-11-25(30)28-21-5-3-2-4-20(21)26/h2-13,27H,14-15,26H2,1H3,(H,28,30)/b11-10+. The molecule has 0 aliphatic carbocycles. The van der Waals surface area contributed by atoms with Crippen molar-refractivity contribution in [2.45, 2.75) is 13.5 Å². The predicted octanol–water partition coefficient (Wildman–Crippen LogP) is 4.46. The number of nitrogens with one attached hydrogen (secondary N) is 2. The van der Waals surface area contributed by atoms with Crippen LogP contribution in [-0.2, 0) is 11.3 Å². The highest BCUT2D eigenvalue weighted by Crippen LogP contribution is 2.37. The van der Waals surface area contributed by atoms with Gasteiger partial charge in [-0.3, -0.25) is 9.59 Å². The Hall–Kier alpha value is -4.26. The number of rotatable bonds is 7. The number of carbonyl (C=O) groups is 2. The molecular formula is C25H23N3O4. The number of nitrogen functional groups attached to an aromatic ring is 1. The highest BCUT2D eigenvalue weighted by Gasteiger charge is 2.19. The van der Waals surface area contributed by atoms with Crippen LogP contribution in [-0.4, -0.2) is 18.5 Å². The van der Waals surface area contributed by atoms with E-state index in [1.165, 1.54) is 13.0 Å². The number of carbonyl (C=O) groups excluding carboxylic acids is 2. The summed E-state index contributed by atoms with van der Waals surface area (Å²) in [6, 6.07) is 18.3. The summed E-state index contributed by atoms with van der Waals surface area (Å²) in [7, 11) is 0. The average molecular weight is 429 g/mol. The molecule has 0 bridgehead atoms. The summed E-state index contributed by atoms with van der Waals surface area (Å²) in [5.74, 6) is 0.888. The molecule has 32 heavy (non-hydrogen) atoms. The zero-order chi connectivity index (χ0) is 22.5. The zero-order valence-corrected chi connectivity index (χ0v) is 17.6. The molecule has 162 valence electrons. The number of nitrogens with two attached hydrogens (primary N) is 1. The quantitative estimate of drug-likeness (QED) is 0.291. The summed E-state index contributed by atoms with van der Waals surface area (Å²) in [6.07, 6.45) is 3.20. The van der Waals surface area contributed by atoms with Gasteiger partial charge in [-0.25, -0.2) is 0 Å². The third-order valence-corrected chi connectivity index (χ3v) is 5.00. The van der Waals surface area contributed by atoms with E-state index in [0.717, 1.165) is 11.1 Å². The molecule has 0 radical (unpaired) electrons. The average Bonchev–Trinajstić information content (AvgIpc) is 3.25. The second-order valence-corrected chi connectivity index (χ2v) is 7.31. The number of para-hydroxylation sites is 2. The normalized spacial score (nSPS) is 12.0. The monoisotopic (exact) mass is 429 g/mol. The number of fused-ring (bicyclic) bond motifs is 1. The van der Waals surface area contributed by atoms with Crippen LogP contribution < -0.4 is 25.8 Å². The first-order valence-electron chi connectivity index (χ1n) is 10.1. The number of hydrogen-bond acceptors (Lipinski definition) is 6. The van der Waals surface area contributed by atoms with Crippen molar-refractivity contribution in [2.24, 2.45) is 0 Å². The van der Waals surface area contributed by atoms with Crippen molar-refractivity contribution >= 4 is 34.8 Å². The van der Waals surface area contributed by atoms with Crippen LogP contribution >= 0.6 is 0 Å². The maximum Gasteiger partial charge on any atom is 0.248 e. The highest BCUT2D eigenvalue weighted by molar-refractivity contribution is 6.03. The molecule has 7 nitrogen and oxygen atoms in total. The fraction of sp³-hybridized carbons (Fsp3) is 0.120. The van der Waals surface area contributed by atoms with Crippen LogP contribution in [0.3, 0.4) is 0 Å². The second kappa shape index (κ2) is 9.26. The molecule has 4 rings (SSSR count). The third-order valence-electron chi connectivity index (χ3n) is 5.00. The van der Waals surface area contributed by atoms with Gasteiger partial charge in [-0.2, -0.15) is 0 Å². The minimum absolute atomic E-state index is 0.0539. The number of Topliss-reactive ketones (excluding diaryl/α,β-unsaturated/α-hetero) is 1. The fourth-order valence-corrected chi connectivity index (χ4v) is 3.28. The van der Waals surface area contributed by atoms with Crippen LogP contribution in [0.1, 0.15) is 28.4 Å². The van der Waals surface area contributed by atoms with Crippen molar-refractivity contribution in [3.63, 3.8) is 0 Å². The molecule has 0 aromatic heterocycles. The minimum Gasteiger partial charge on any atom is -0.454 e. The van der Waals surface area contributed by atoms with E-state index < -0.39 is 0 Å². The molecule has 0 saturated carbocycles. The Morgan fingerprint density at radius 2 is 1.72 bits per heavy atom. The van der Waals surface area contributed by atoms with Crippen molar-refractivity contribution in [3.05, 3.63) is 83.4 Å². The molecule has 0 spiro atoms. The van der Waals surface area contributed by atoms with Crippen molar-refractivity contribution < 1.29 is 19.1 Å². The van der Waals surface area contributed by atoms with E-state index >= 15 is 0 Å². The summed E-state index contributed by atoms with van der Waals surface area (Å²) >= 11 is 0. The van der Waals surface area contributed by atoms with E-state index in [0.29, 0.717) is 40.7 Å². The van der Waals surface area contributed by atoms with E-state index in [4.69, 9.17) is 15.2 Å². The molecule has 0 fully saturated rings. The Balaban J connectivity index is 1.37. The molecule has 4 N–H and O–H groups in total. The lowest BCUT2D eigenvalue weighted by Crippen LogP contribution is -2.09. The van der Waals surface area contributed by atoms with Gasteiger partial charge >= 0.3 is 0 Å². The van der Waals surface area contributed by atoms with Gasteiger partial charge in [0.05, 0.1) is 11.4 Å². The van der Waals surface area contributed by atoms with Gasteiger partial charge in [0, 0.05) is 29.9 Å². The fourth-order valence-electron chi connectivity index (χ4n) is 3.28. The van der Waals surface area contributed by atoms with Crippen molar-refractivity contribution in [1.29, 1.82) is 0 Å². The number of hydrogen-bond donors (Lipinski definition) is 3. The van der Waals surface area contributed by atoms with Crippen molar-refractivity contribution in [1.82, 2.24) is 0 Å². The van der Waals surface area contributed by atoms with Crippen molar-refractivity contribution in [3.8, 4) is 11.5 Å². The molecule has 7 heteroatoms. The number of ether oxygens (including phenoxy) is 2. The lowest BCUT2D eigenvalue weighted by atomic mass is 10.1. The maximum atomic E-state index is 12.1. The maximum absolute atomic E-state index is 12.1. The summed E-state index contributed by atoms with van der Waals surface area (Å²) in [4.78, 5) is 24.1. The number of anilines is 3. The molecule has 0 saturated heterocycles. The minimum atomic E-state index is -0.256. The van der Waals surface area contributed by atoms with E-state index in [2.05, 4.69) is 10.6 Å². The van der Waals surface area contributed by atoms with E-state index in [1.54, 1.807) is 30.3 Å². The number of benzene rings is 3. The van der Waals surface area contributed by atoms with E-state index in [9.17, 15) is 9.59 Å². The molecule has 3 aromatic carbocycles. The first-order valence-corrected chi connectivity index (χ1v) is 10.1. The number of ketones is 1. The smallest absolute Gasteiger partial charge is 0.248 e. The van der Waals surface area contributed by atoms with Crippen LogP contribution in [0.2, 0.25) is 0 Å². The Morgan fingerprint density at radius 1 is 1.00 bits per heavy atom. The molecule has 3 aromatic rings. The van der Waals surface area contributed by atoms with Crippen LogP contribution in [0, 0.1) is 0 Å². The van der Waals surface area contributed by atoms with Crippen LogP contribution in [0.15, 0.2) is 66.7 Å². The van der Waals surface area contributed by atoms with Gasteiger partial charge in [0.1, 0.15) is 0 Å². The van der Waals surface area contributed by atoms with Gasteiger partial charge in [-0.1, -0.05) is 36.4 Å². The first-order chi connectivity index (χ1) is 15.5. The van der Waals surface area contributed by atoms with E-state index in [1.807, 2.05) is 36.4 Å². The summed E-state index contributed by atoms with van der Waals surface area (Å²) in [5, 5.41) is 6.05. The second-order valence-electron chi connectivity index (χ2n) is 7.31. The van der Waals surface area contributed by atoms with Gasteiger partial charge in [-0.05, 0) is 42.3 Å². The van der Waals surface area contributed by atoms with Crippen molar-refractivity contribution in [2.75, 3.05) is 23.2 Å². The van der Waals surface area contributed by atoms with Gasteiger partial charge in [0.15, 0.2) is 17.3 Å². The topological polar surface area (TPSA) is 103 Å². The molecule has 0 unspecified atom stereocenters. The predicted molar refractivity (Wildman–Crippen MR) is 125 cm³/mol. The van der Waals surface area contributed by atoms with Gasteiger partial charge < -0.3 is 25.8 Å². The largest absolute Gasteiger partial charge is 0.454 e. The Morgan fingerprint density at radius 3 is 2.44 bits per heavy atom.